The maximum atomic E-state index is 12.7. The van der Waals surface area contributed by atoms with Gasteiger partial charge in [0.25, 0.3) is 5.91 Å². The van der Waals surface area contributed by atoms with Gasteiger partial charge in [0.05, 0.1) is 12.0 Å². The molecular weight excluding hydrogens is 330 g/mol. The number of thiophene rings is 1. The van der Waals surface area contributed by atoms with Crippen molar-refractivity contribution in [2.45, 2.75) is 24.0 Å². The van der Waals surface area contributed by atoms with E-state index in [0.717, 1.165) is 10.6 Å². The van der Waals surface area contributed by atoms with Crippen LogP contribution in [-0.2, 0) is 10.5 Å². The van der Waals surface area contributed by atoms with Crippen molar-refractivity contribution in [1.29, 1.82) is 0 Å². The highest BCUT2D eigenvalue weighted by Crippen LogP contribution is 2.28. The lowest BCUT2D eigenvalue weighted by Gasteiger charge is -2.21. The Hall–Kier alpha value is -1.79. The molecule has 0 fully saturated rings. The summed E-state index contributed by atoms with van der Waals surface area (Å²) in [5, 5.41) is 10.9. The standard InChI is InChI=1S/C17H19NO3S2/c1-2-18(10-9-16(19)20)17(21)14-7-3-4-8-15(14)23-12-13-6-5-11-22-13/h3-8,11H,2,9-10,12H2,1H3,(H,19,20). The van der Waals surface area contributed by atoms with Gasteiger partial charge in [0.1, 0.15) is 0 Å². The van der Waals surface area contributed by atoms with Gasteiger partial charge in [0, 0.05) is 28.6 Å². The molecule has 0 atom stereocenters. The number of rotatable bonds is 8. The van der Waals surface area contributed by atoms with Crippen molar-refractivity contribution in [3.05, 3.63) is 52.2 Å². The van der Waals surface area contributed by atoms with E-state index in [2.05, 4.69) is 6.07 Å². The normalized spacial score (nSPS) is 10.5. The summed E-state index contributed by atoms with van der Waals surface area (Å²) in [6, 6.07) is 11.6. The quantitative estimate of drug-likeness (QED) is 0.733. The Morgan fingerprint density at radius 1 is 1.22 bits per heavy atom. The van der Waals surface area contributed by atoms with E-state index in [0.29, 0.717) is 12.1 Å². The van der Waals surface area contributed by atoms with E-state index < -0.39 is 5.97 Å². The molecule has 0 aliphatic carbocycles. The van der Waals surface area contributed by atoms with Crippen LogP contribution >= 0.6 is 23.1 Å². The van der Waals surface area contributed by atoms with Crippen molar-refractivity contribution in [2.75, 3.05) is 13.1 Å². The van der Waals surface area contributed by atoms with E-state index in [1.165, 1.54) is 4.88 Å². The second kappa shape index (κ2) is 8.74. The lowest BCUT2D eigenvalue weighted by atomic mass is 10.2. The molecule has 0 spiro atoms. The number of amides is 1. The molecule has 0 unspecified atom stereocenters. The third-order valence-electron chi connectivity index (χ3n) is 3.33. The first-order chi connectivity index (χ1) is 11.1. The summed E-state index contributed by atoms with van der Waals surface area (Å²) in [5.74, 6) is -0.178. The van der Waals surface area contributed by atoms with Gasteiger partial charge in [-0.2, -0.15) is 0 Å². The van der Waals surface area contributed by atoms with E-state index in [4.69, 9.17) is 5.11 Å². The fourth-order valence-electron chi connectivity index (χ4n) is 2.12. The Kier molecular flexibility index (Phi) is 6.67. The van der Waals surface area contributed by atoms with Crippen LogP contribution in [0.5, 0.6) is 0 Å². The first-order valence-corrected chi connectivity index (χ1v) is 9.23. The zero-order valence-electron chi connectivity index (χ0n) is 12.9. The highest BCUT2D eigenvalue weighted by atomic mass is 32.2. The van der Waals surface area contributed by atoms with Gasteiger partial charge in [0.15, 0.2) is 0 Å². The van der Waals surface area contributed by atoms with Crippen LogP contribution in [0.15, 0.2) is 46.7 Å². The van der Waals surface area contributed by atoms with Crippen molar-refractivity contribution in [2.24, 2.45) is 0 Å². The Bertz CT molecular complexity index is 656. The molecule has 4 nitrogen and oxygen atoms in total. The molecule has 1 amide bonds. The summed E-state index contributed by atoms with van der Waals surface area (Å²) >= 11 is 3.33. The van der Waals surface area contributed by atoms with Crippen LogP contribution in [0.4, 0.5) is 0 Å². The van der Waals surface area contributed by atoms with Crippen molar-refractivity contribution >= 4 is 35.0 Å². The maximum Gasteiger partial charge on any atom is 0.305 e. The first kappa shape index (κ1) is 17.6. The van der Waals surface area contributed by atoms with Crippen LogP contribution in [0.1, 0.15) is 28.6 Å². The topological polar surface area (TPSA) is 57.6 Å². The van der Waals surface area contributed by atoms with Crippen molar-refractivity contribution in [3.63, 3.8) is 0 Å². The molecule has 2 aromatic rings. The molecule has 0 aliphatic heterocycles. The molecule has 1 aromatic heterocycles. The molecule has 0 bridgehead atoms. The number of carbonyl (C=O) groups is 2. The number of hydrogen-bond acceptors (Lipinski definition) is 4. The number of thioether (sulfide) groups is 1. The minimum absolute atomic E-state index is 0.0376. The Morgan fingerprint density at radius 3 is 2.65 bits per heavy atom. The highest BCUT2D eigenvalue weighted by molar-refractivity contribution is 7.98. The lowest BCUT2D eigenvalue weighted by molar-refractivity contribution is -0.137. The van der Waals surface area contributed by atoms with E-state index in [1.807, 2.05) is 42.6 Å². The molecule has 23 heavy (non-hydrogen) atoms. The van der Waals surface area contributed by atoms with Crippen LogP contribution in [0.2, 0.25) is 0 Å². The molecule has 1 N–H and O–H groups in total. The molecule has 122 valence electrons. The predicted octanol–water partition coefficient (Wildman–Crippen LogP) is 3.98. The average molecular weight is 349 g/mol. The average Bonchev–Trinajstić information content (AvgIpc) is 3.06. The van der Waals surface area contributed by atoms with Crippen LogP contribution in [0.25, 0.3) is 0 Å². The van der Waals surface area contributed by atoms with Crippen molar-refractivity contribution in [3.8, 4) is 0 Å². The summed E-state index contributed by atoms with van der Waals surface area (Å²) in [6.45, 7) is 2.59. The molecule has 0 aliphatic rings. The number of benzene rings is 1. The van der Waals surface area contributed by atoms with Gasteiger partial charge in [-0.25, -0.2) is 0 Å². The zero-order chi connectivity index (χ0) is 16.7. The monoisotopic (exact) mass is 349 g/mol. The van der Waals surface area contributed by atoms with Crippen LogP contribution < -0.4 is 0 Å². The van der Waals surface area contributed by atoms with Crippen LogP contribution in [0.3, 0.4) is 0 Å². The highest BCUT2D eigenvalue weighted by Gasteiger charge is 2.18. The SMILES string of the molecule is CCN(CCC(=O)O)C(=O)c1ccccc1SCc1cccs1. The number of carbonyl (C=O) groups excluding carboxylic acids is 1. The maximum absolute atomic E-state index is 12.7. The van der Waals surface area contributed by atoms with Crippen molar-refractivity contribution < 1.29 is 14.7 Å². The van der Waals surface area contributed by atoms with E-state index in [9.17, 15) is 9.59 Å². The third kappa shape index (κ3) is 5.11. The number of hydrogen-bond donors (Lipinski definition) is 1. The molecular formula is C17H19NO3S2. The summed E-state index contributed by atoms with van der Waals surface area (Å²) in [4.78, 5) is 27.2. The molecule has 6 heteroatoms. The van der Waals surface area contributed by atoms with Gasteiger partial charge in [-0.15, -0.1) is 23.1 Å². The Balaban J connectivity index is 2.10. The molecule has 1 aromatic carbocycles. The molecule has 0 saturated carbocycles. The van der Waals surface area contributed by atoms with E-state index in [1.54, 1.807) is 28.0 Å². The molecule has 0 saturated heterocycles. The Morgan fingerprint density at radius 2 is 2.00 bits per heavy atom. The minimum atomic E-state index is -0.892. The molecule has 1 heterocycles. The second-order valence-electron chi connectivity index (χ2n) is 4.89. The van der Waals surface area contributed by atoms with Gasteiger partial charge in [-0.3, -0.25) is 9.59 Å². The first-order valence-electron chi connectivity index (χ1n) is 7.37. The summed E-state index contributed by atoms with van der Waals surface area (Å²) in [6.07, 6.45) is -0.0376. The largest absolute Gasteiger partial charge is 0.481 e. The predicted molar refractivity (Wildman–Crippen MR) is 94.2 cm³/mol. The lowest BCUT2D eigenvalue weighted by Crippen LogP contribution is -2.33. The van der Waals surface area contributed by atoms with Gasteiger partial charge >= 0.3 is 5.97 Å². The zero-order valence-corrected chi connectivity index (χ0v) is 14.5. The number of carboxylic acid groups (broad SMARTS) is 1. The summed E-state index contributed by atoms with van der Waals surface area (Å²) in [7, 11) is 0. The Labute approximate surface area is 144 Å². The van der Waals surface area contributed by atoms with Gasteiger partial charge in [-0.05, 0) is 30.5 Å². The smallest absolute Gasteiger partial charge is 0.305 e. The van der Waals surface area contributed by atoms with Crippen molar-refractivity contribution in [1.82, 2.24) is 4.90 Å². The molecule has 2 rings (SSSR count). The molecule has 0 radical (unpaired) electrons. The fourth-order valence-corrected chi connectivity index (χ4v) is 3.93. The van der Waals surface area contributed by atoms with E-state index >= 15 is 0 Å². The van der Waals surface area contributed by atoms with Gasteiger partial charge in [-0.1, -0.05) is 18.2 Å². The van der Waals surface area contributed by atoms with Crippen LogP contribution in [-0.4, -0.2) is 35.0 Å². The van der Waals surface area contributed by atoms with Gasteiger partial charge in [0.2, 0.25) is 0 Å². The number of carboxylic acids is 1. The summed E-state index contributed by atoms with van der Waals surface area (Å²) in [5.41, 5.74) is 0.640. The minimum Gasteiger partial charge on any atom is -0.481 e. The number of nitrogens with zero attached hydrogens (tertiary/aromatic N) is 1. The fraction of sp³-hybridized carbons (Fsp3) is 0.294. The van der Waals surface area contributed by atoms with E-state index in [-0.39, 0.29) is 18.9 Å². The second-order valence-corrected chi connectivity index (χ2v) is 6.94. The summed E-state index contributed by atoms with van der Waals surface area (Å²) < 4.78 is 0. The van der Waals surface area contributed by atoms with Crippen LogP contribution in [0, 0.1) is 0 Å². The number of aliphatic carboxylic acids is 1. The third-order valence-corrected chi connectivity index (χ3v) is 5.51. The van der Waals surface area contributed by atoms with Gasteiger partial charge < -0.3 is 10.0 Å².